The number of amides is 1. The standard InChI is InChI=1S/C12H15NO2S/c1-3-15-12(14)13-8-9(2)16-11-7-5-4-6-10(11)13/h4-7,9H,3,8H2,1-2H3. The van der Waals surface area contributed by atoms with Crippen molar-refractivity contribution in [3.8, 4) is 0 Å². The summed E-state index contributed by atoms with van der Waals surface area (Å²) in [5, 5.41) is 0.402. The van der Waals surface area contributed by atoms with Gasteiger partial charge in [-0.25, -0.2) is 4.79 Å². The molecule has 0 aliphatic carbocycles. The maximum Gasteiger partial charge on any atom is 0.414 e. The van der Waals surface area contributed by atoms with Crippen molar-refractivity contribution in [1.29, 1.82) is 0 Å². The quantitative estimate of drug-likeness (QED) is 0.751. The van der Waals surface area contributed by atoms with Gasteiger partial charge in [0.25, 0.3) is 0 Å². The Hall–Kier alpha value is -1.16. The summed E-state index contributed by atoms with van der Waals surface area (Å²) in [6.07, 6.45) is -0.248. The molecule has 1 unspecified atom stereocenters. The number of para-hydroxylation sites is 1. The number of anilines is 1. The third-order valence-corrected chi connectivity index (χ3v) is 3.56. The zero-order chi connectivity index (χ0) is 11.5. The van der Waals surface area contributed by atoms with Crippen molar-refractivity contribution in [2.75, 3.05) is 18.1 Å². The molecule has 0 bridgehead atoms. The Bertz CT molecular complexity index is 394. The SMILES string of the molecule is CCOC(=O)N1CC(C)Sc2ccccc21. The van der Waals surface area contributed by atoms with Crippen molar-refractivity contribution in [2.24, 2.45) is 0 Å². The highest BCUT2D eigenvalue weighted by Gasteiger charge is 2.27. The lowest BCUT2D eigenvalue weighted by atomic mass is 10.2. The van der Waals surface area contributed by atoms with Gasteiger partial charge >= 0.3 is 6.09 Å². The summed E-state index contributed by atoms with van der Waals surface area (Å²) in [6, 6.07) is 7.95. The number of carbonyl (C=O) groups excluding carboxylic acids is 1. The molecule has 16 heavy (non-hydrogen) atoms. The van der Waals surface area contributed by atoms with E-state index in [4.69, 9.17) is 4.74 Å². The number of hydrogen-bond donors (Lipinski definition) is 0. The molecular formula is C12H15NO2S. The van der Waals surface area contributed by atoms with Crippen LogP contribution >= 0.6 is 11.8 Å². The summed E-state index contributed by atoms with van der Waals surface area (Å²) in [5.74, 6) is 0. The van der Waals surface area contributed by atoms with E-state index in [2.05, 4.69) is 6.92 Å². The van der Waals surface area contributed by atoms with E-state index in [-0.39, 0.29) is 6.09 Å². The first kappa shape index (κ1) is 11.3. The molecule has 1 heterocycles. The summed E-state index contributed by atoms with van der Waals surface area (Å²) in [4.78, 5) is 14.7. The van der Waals surface area contributed by atoms with Crippen LogP contribution in [-0.4, -0.2) is 24.5 Å². The Kier molecular flexibility index (Phi) is 3.39. The Balaban J connectivity index is 2.30. The Morgan fingerprint density at radius 2 is 2.31 bits per heavy atom. The number of thioether (sulfide) groups is 1. The van der Waals surface area contributed by atoms with Gasteiger partial charge in [-0.2, -0.15) is 0 Å². The summed E-state index contributed by atoms with van der Waals surface area (Å²) in [6.45, 7) is 5.07. The zero-order valence-electron chi connectivity index (χ0n) is 9.47. The molecule has 1 atom stereocenters. The number of rotatable bonds is 1. The number of hydrogen-bond acceptors (Lipinski definition) is 3. The van der Waals surface area contributed by atoms with Gasteiger partial charge in [0, 0.05) is 16.7 Å². The van der Waals surface area contributed by atoms with Crippen LogP contribution < -0.4 is 4.90 Å². The average Bonchev–Trinajstić information content (AvgIpc) is 2.28. The second-order valence-corrected chi connectivity index (χ2v) is 5.19. The van der Waals surface area contributed by atoms with E-state index in [9.17, 15) is 4.79 Å². The molecule has 0 N–H and O–H groups in total. The molecule has 3 nitrogen and oxygen atoms in total. The van der Waals surface area contributed by atoms with Crippen molar-refractivity contribution >= 4 is 23.5 Å². The summed E-state index contributed by atoms with van der Waals surface area (Å²) < 4.78 is 5.06. The molecule has 1 aliphatic rings. The molecule has 86 valence electrons. The summed E-state index contributed by atoms with van der Waals surface area (Å²) in [7, 11) is 0. The van der Waals surface area contributed by atoms with E-state index < -0.39 is 0 Å². The normalized spacial score (nSPS) is 19.1. The lowest BCUT2D eigenvalue weighted by Gasteiger charge is -2.31. The van der Waals surface area contributed by atoms with Crippen molar-refractivity contribution in [1.82, 2.24) is 0 Å². The minimum Gasteiger partial charge on any atom is -0.449 e. The molecule has 0 saturated heterocycles. The van der Waals surface area contributed by atoms with Gasteiger partial charge in [0.05, 0.1) is 12.3 Å². The van der Waals surface area contributed by atoms with Gasteiger partial charge in [0.15, 0.2) is 0 Å². The van der Waals surface area contributed by atoms with E-state index in [1.165, 1.54) is 0 Å². The predicted molar refractivity (Wildman–Crippen MR) is 66.1 cm³/mol. The first-order valence-electron chi connectivity index (χ1n) is 5.42. The van der Waals surface area contributed by atoms with Crippen LogP contribution in [0.1, 0.15) is 13.8 Å². The zero-order valence-corrected chi connectivity index (χ0v) is 10.3. The molecular weight excluding hydrogens is 222 g/mol. The number of carbonyl (C=O) groups is 1. The van der Waals surface area contributed by atoms with Crippen LogP contribution in [0.4, 0.5) is 10.5 Å². The summed E-state index contributed by atoms with van der Waals surface area (Å²) >= 11 is 1.80. The van der Waals surface area contributed by atoms with Crippen LogP contribution in [0.25, 0.3) is 0 Å². The molecule has 0 radical (unpaired) electrons. The minimum absolute atomic E-state index is 0.248. The van der Waals surface area contributed by atoms with Gasteiger partial charge in [-0.1, -0.05) is 19.1 Å². The molecule has 1 aromatic carbocycles. The fourth-order valence-corrected chi connectivity index (χ4v) is 2.88. The topological polar surface area (TPSA) is 29.5 Å². The number of nitrogens with zero attached hydrogens (tertiary/aromatic N) is 1. The fraction of sp³-hybridized carbons (Fsp3) is 0.417. The molecule has 1 aromatic rings. The number of ether oxygens (including phenoxy) is 1. The predicted octanol–water partition coefficient (Wildman–Crippen LogP) is 3.14. The van der Waals surface area contributed by atoms with Crippen LogP contribution in [-0.2, 0) is 4.74 Å². The van der Waals surface area contributed by atoms with Gasteiger partial charge < -0.3 is 4.74 Å². The Labute approximate surface area is 99.8 Å². The third-order valence-electron chi connectivity index (χ3n) is 2.41. The fourth-order valence-electron chi connectivity index (χ4n) is 1.76. The Morgan fingerprint density at radius 1 is 1.56 bits per heavy atom. The van der Waals surface area contributed by atoms with E-state index in [1.807, 2.05) is 31.2 Å². The van der Waals surface area contributed by atoms with Gasteiger partial charge in [0.1, 0.15) is 0 Å². The maximum atomic E-state index is 11.8. The van der Waals surface area contributed by atoms with E-state index in [0.29, 0.717) is 18.4 Å². The second kappa shape index (κ2) is 4.78. The molecule has 4 heteroatoms. The molecule has 0 fully saturated rings. The average molecular weight is 237 g/mol. The number of fused-ring (bicyclic) bond motifs is 1. The molecule has 0 spiro atoms. The lowest BCUT2D eigenvalue weighted by molar-refractivity contribution is 0.159. The van der Waals surface area contributed by atoms with Crippen molar-refractivity contribution in [3.05, 3.63) is 24.3 Å². The monoisotopic (exact) mass is 237 g/mol. The van der Waals surface area contributed by atoms with Crippen molar-refractivity contribution in [2.45, 2.75) is 24.0 Å². The van der Waals surface area contributed by atoms with E-state index in [0.717, 1.165) is 10.6 Å². The number of benzene rings is 1. The van der Waals surface area contributed by atoms with E-state index >= 15 is 0 Å². The van der Waals surface area contributed by atoms with Crippen LogP contribution in [0.2, 0.25) is 0 Å². The highest BCUT2D eigenvalue weighted by Crippen LogP contribution is 2.38. The molecule has 1 aliphatic heterocycles. The first-order valence-corrected chi connectivity index (χ1v) is 6.30. The lowest BCUT2D eigenvalue weighted by Crippen LogP contribution is -2.38. The van der Waals surface area contributed by atoms with Crippen LogP contribution in [0.3, 0.4) is 0 Å². The van der Waals surface area contributed by atoms with Crippen LogP contribution in [0.15, 0.2) is 29.2 Å². The van der Waals surface area contributed by atoms with Gasteiger partial charge in [-0.3, -0.25) is 4.90 Å². The largest absolute Gasteiger partial charge is 0.449 e. The van der Waals surface area contributed by atoms with Crippen LogP contribution in [0, 0.1) is 0 Å². The smallest absolute Gasteiger partial charge is 0.414 e. The van der Waals surface area contributed by atoms with Crippen LogP contribution in [0.5, 0.6) is 0 Å². The molecule has 2 rings (SSSR count). The summed E-state index contributed by atoms with van der Waals surface area (Å²) in [5.41, 5.74) is 0.962. The molecule has 0 saturated carbocycles. The third kappa shape index (κ3) is 2.16. The van der Waals surface area contributed by atoms with Gasteiger partial charge in [-0.05, 0) is 19.1 Å². The van der Waals surface area contributed by atoms with Gasteiger partial charge in [-0.15, -0.1) is 11.8 Å². The van der Waals surface area contributed by atoms with Crippen molar-refractivity contribution < 1.29 is 9.53 Å². The molecule has 0 aromatic heterocycles. The molecule has 1 amide bonds. The van der Waals surface area contributed by atoms with Crippen molar-refractivity contribution in [3.63, 3.8) is 0 Å². The van der Waals surface area contributed by atoms with E-state index in [1.54, 1.807) is 16.7 Å². The second-order valence-electron chi connectivity index (χ2n) is 3.71. The Morgan fingerprint density at radius 3 is 3.06 bits per heavy atom. The highest BCUT2D eigenvalue weighted by molar-refractivity contribution is 8.00. The minimum atomic E-state index is -0.248. The first-order chi connectivity index (χ1) is 7.72. The highest BCUT2D eigenvalue weighted by atomic mass is 32.2. The van der Waals surface area contributed by atoms with Gasteiger partial charge in [0.2, 0.25) is 0 Å². The maximum absolute atomic E-state index is 11.8.